The van der Waals surface area contributed by atoms with Crippen LogP contribution in [0, 0.1) is 5.82 Å². The van der Waals surface area contributed by atoms with Gasteiger partial charge in [-0.05, 0) is 43.5 Å². The predicted molar refractivity (Wildman–Crippen MR) is 162 cm³/mol. The molecule has 0 aliphatic carbocycles. The summed E-state index contributed by atoms with van der Waals surface area (Å²) in [7, 11) is 1.44. The summed E-state index contributed by atoms with van der Waals surface area (Å²) in [5.74, 6) is -0.300. The third-order valence-electron chi connectivity index (χ3n) is 8.11. The molecular formula is C30H36ClFN6O7. The fraction of sp³-hybridized carbons (Fsp3) is 0.467. The summed E-state index contributed by atoms with van der Waals surface area (Å²) in [6, 6.07) is 5.61. The molecule has 4 heterocycles. The van der Waals surface area contributed by atoms with Gasteiger partial charge in [-0.3, -0.25) is 9.78 Å². The van der Waals surface area contributed by atoms with Gasteiger partial charge in [0.2, 0.25) is 0 Å². The molecular weight excluding hydrogens is 611 g/mol. The van der Waals surface area contributed by atoms with Gasteiger partial charge < -0.3 is 45.4 Å². The van der Waals surface area contributed by atoms with Gasteiger partial charge in [-0.1, -0.05) is 11.6 Å². The molecule has 2 aliphatic rings. The number of rotatable bonds is 10. The van der Waals surface area contributed by atoms with Crippen LogP contribution in [0.2, 0.25) is 5.02 Å². The number of piperidine rings is 1. The highest BCUT2D eigenvalue weighted by Gasteiger charge is 2.43. The number of methoxy groups -OCH3 is 1. The number of nitrogens with zero attached hydrogens (tertiary/aromatic N) is 4. The molecule has 0 radical (unpaired) electrons. The van der Waals surface area contributed by atoms with E-state index in [0.717, 1.165) is 0 Å². The number of aliphatic hydroxyl groups excluding tert-OH is 4. The van der Waals surface area contributed by atoms with Gasteiger partial charge in [-0.15, -0.1) is 0 Å². The van der Waals surface area contributed by atoms with E-state index in [2.05, 4.69) is 30.5 Å². The molecule has 242 valence electrons. The summed E-state index contributed by atoms with van der Waals surface area (Å²) >= 11 is 6.06. The summed E-state index contributed by atoms with van der Waals surface area (Å²) in [5.41, 5.74) is 0.799. The largest absolute Gasteiger partial charge is 0.491 e. The molecule has 0 bridgehead atoms. The maximum Gasteiger partial charge on any atom is 0.255 e. The van der Waals surface area contributed by atoms with E-state index in [0.29, 0.717) is 49.6 Å². The molecule has 1 aromatic carbocycles. The number of pyridine rings is 1. The van der Waals surface area contributed by atoms with Crippen molar-refractivity contribution in [2.24, 2.45) is 0 Å². The molecule has 6 N–H and O–H groups in total. The molecule has 15 heteroatoms. The van der Waals surface area contributed by atoms with Gasteiger partial charge in [-0.2, -0.15) is 0 Å². The van der Waals surface area contributed by atoms with Gasteiger partial charge in [0.25, 0.3) is 5.91 Å². The Morgan fingerprint density at radius 3 is 2.62 bits per heavy atom. The fourth-order valence-corrected chi connectivity index (χ4v) is 5.68. The Balaban J connectivity index is 1.19. The number of benzene rings is 1. The fourth-order valence-electron chi connectivity index (χ4n) is 5.51. The van der Waals surface area contributed by atoms with Gasteiger partial charge in [-0.25, -0.2) is 14.4 Å². The van der Waals surface area contributed by atoms with Crippen molar-refractivity contribution in [2.75, 3.05) is 38.7 Å². The first-order chi connectivity index (χ1) is 21.7. The molecule has 0 spiro atoms. The first-order valence-electron chi connectivity index (χ1n) is 14.6. The Morgan fingerprint density at radius 1 is 1.13 bits per heavy atom. The topological polar surface area (TPSA) is 182 Å². The smallest absolute Gasteiger partial charge is 0.255 e. The molecule has 2 fully saturated rings. The van der Waals surface area contributed by atoms with E-state index >= 15 is 0 Å². The van der Waals surface area contributed by atoms with E-state index in [1.807, 2.05) is 0 Å². The second-order valence-electron chi connectivity index (χ2n) is 11.0. The number of aromatic nitrogens is 3. The number of likely N-dealkylation sites (tertiary alicyclic amines) is 1. The maximum absolute atomic E-state index is 14.5. The molecule has 13 nitrogen and oxygen atoms in total. The van der Waals surface area contributed by atoms with Gasteiger partial charge >= 0.3 is 0 Å². The van der Waals surface area contributed by atoms with Crippen LogP contribution in [-0.4, -0.2) is 116 Å². The summed E-state index contributed by atoms with van der Waals surface area (Å²) in [6.45, 7) is 1.47. The SMILES string of the molecule is COc1cnc(-c2cc(Cl)ccc2F)nc1Nc1ccncc1C(=O)NC1CCN(CCC2O[C@H](CO)[C@@H](O)[C@H](O)[C@H]2O)CC1. The lowest BCUT2D eigenvalue weighted by Crippen LogP contribution is -2.59. The first-order valence-corrected chi connectivity index (χ1v) is 15.0. The van der Waals surface area contributed by atoms with Crippen LogP contribution in [0.1, 0.15) is 29.6 Å². The highest BCUT2D eigenvalue weighted by molar-refractivity contribution is 6.30. The zero-order chi connectivity index (χ0) is 32.1. The second-order valence-corrected chi connectivity index (χ2v) is 11.5. The van der Waals surface area contributed by atoms with Crippen LogP contribution in [0.5, 0.6) is 5.75 Å². The normalized spacial score (nSPS) is 24.3. The molecule has 5 rings (SSSR count). The van der Waals surface area contributed by atoms with Crippen molar-refractivity contribution in [1.29, 1.82) is 0 Å². The molecule has 45 heavy (non-hydrogen) atoms. The number of aliphatic hydroxyl groups is 4. The summed E-state index contributed by atoms with van der Waals surface area (Å²) < 4.78 is 25.5. The average Bonchev–Trinajstić information content (AvgIpc) is 3.05. The van der Waals surface area contributed by atoms with E-state index in [1.165, 1.54) is 43.9 Å². The predicted octanol–water partition coefficient (Wildman–Crippen LogP) is 1.51. The van der Waals surface area contributed by atoms with Crippen molar-refractivity contribution in [3.63, 3.8) is 0 Å². The van der Waals surface area contributed by atoms with Crippen LogP contribution < -0.4 is 15.4 Å². The highest BCUT2D eigenvalue weighted by Crippen LogP contribution is 2.31. The van der Waals surface area contributed by atoms with Crippen molar-refractivity contribution >= 4 is 29.0 Å². The summed E-state index contributed by atoms with van der Waals surface area (Å²) in [4.78, 5) is 28.3. The average molecular weight is 647 g/mol. The second kappa shape index (κ2) is 14.7. The molecule has 1 unspecified atom stereocenters. The van der Waals surface area contributed by atoms with Crippen molar-refractivity contribution < 1.29 is 39.1 Å². The first kappa shape index (κ1) is 32.9. The minimum Gasteiger partial charge on any atom is -0.491 e. The molecule has 1 amide bonds. The minimum absolute atomic E-state index is 0.0802. The molecule has 5 atom stereocenters. The molecule has 3 aromatic rings. The Morgan fingerprint density at radius 2 is 1.89 bits per heavy atom. The van der Waals surface area contributed by atoms with Gasteiger partial charge in [0.1, 0.15) is 30.2 Å². The summed E-state index contributed by atoms with van der Waals surface area (Å²) in [5, 5.41) is 46.2. The monoisotopic (exact) mass is 646 g/mol. The lowest BCUT2D eigenvalue weighted by atomic mass is 9.93. The van der Waals surface area contributed by atoms with Crippen LogP contribution in [0.3, 0.4) is 0 Å². The van der Waals surface area contributed by atoms with Crippen LogP contribution >= 0.6 is 11.6 Å². The van der Waals surface area contributed by atoms with E-state index in [1.54, 1.807) is 6.07 Å². The Kier molecular flexibility index (Phi) is 10.8. The van der Waals surface area contributed by atoms with Crippen molar-refractivity contribution in [3.8, 4) is 17.1 Å². The number of ether oxygens (including phenoxy) is 2. The maximum atomic E-state index is 14.5. The number of amides is 1. The van der Waals surface area contributed by atoms with E-state index in [4.69, 9.17) is 21.1 Å². The van der Waals surface area contributed by atoms with Gasteiger partial charge in [0, 0.05) is 43.1 Å². The van der Waals surface area contributed by atoms with E-state index in [-0.39, 0.29) is 40.5 Å². The zero-order valence-corrected chi connectivity index (χ0v) is 25.3. The number of hydrogen-bond acceptors (Lipinski definition) is 12. The number of hydrogen-bond donors (Lipinski definition) is 6. The third kappa shape index (κ3) is 7.66. The van der Waals surface area contributed by atoms with Gasteiger partial charge in [0.05, 0.1) is 42.8 Å². The van der Waals surface area contributed by atoms with Crippen molar-refractivity contribution in [3.05, 3.63) is 59.3 Å². The zero-order valence-electron chi connectivity index (χ0n) is 24.5. The number of halogens is 2. The minimum atomic E-state index is -1.39. The van der Waals surface area contributed by atoms with E-state index < -0.39 is 42.9 Å². The van der Waals surface area contributed by atoms with Crippen molar-refractivity contribution in [1.82, 2.24) is 25.2 Å². The lowest BCUT2D eigenvalue weighted by Gasteiger charge is -2.41. The molecule has 0 saturated carbocycles. The van der Waals surface area contributed by atoms with Crippen LogP contribution in [-0.2, 0) is 4.74 Å². The standard InChI is InChI=1S/C30H36ClFN6O7/c1-44-23-14-34-28(18-12-16(31)2-3-20(18)32)37-29(23)36-21-4-8-33-13-19(21)30(43)35-17-5-9-38(10-6-17)11-7-22-25(40)27(42)26(41)24(15-39)45-22/h2-4,8,12-14,17,22,24-27,39-42H,5-7,9-11,15H2,1H3,(H,35,43)(H,33,34,36,37)/t22?,24-,25+,26-,27-/m1/s1. The van der Waals surface area contributed by atoms with E-state index in [9.17, 15) is 29.6 Å². The van der Waals surface area contributed by atoms with Crippen LogP contribution in [0.4, 0.5) is 15.9 Å². The molecule has 2 saturated heterocycles. The Hall–Kier alpha value is -3.50. The van der Waals surface area contributed by atoms with Crippen molar-refractivity contribution in [2.45, 2.75) is 55.8 Å². The summed E-state index contributed by atoms with van der Waals surface area (Å²) in [6.07, 6.45) is 0.458. The quantitative estimate of drug-likeness (QED) is 0.187. The third-order valence-corrected chi connectivity index (χ3v) is 8.34. The molecule has 2 aromatic heterocycles. The van der Waals surface area contributed by atoms with Gasteiger partial charge in [0.15, 0.2) is 17.4 Å². The lowest BCUT2D eigenvalue weighted by molar-refractivity contribution is -0.230. The van der Waals surface area contributed by atoms with Crippen LogP contribution in [0.15, 0.2) is 42.9 Å². The number of carbonyl (C=O) groups excluding carboxylic acids is 1. The van der Waals surface area contributed by atoms with Crippen LogP contribution in [0.25, 0.3) is 11.4 Å². The number of anilines is 2. The number of nitrogens with one attached hydrogen (secondary N) is 2. The highest BCUT2D eigenvalue weighted by atomic mass is 35.5. The Labute approximate surface area is 264 Å². The number of carbonyl (C=O) groups is 1. The molecule has 2 aliphatic heterocycles. The Bertz CT molecular complexity index is 1480.